The molecule has 3 nitrogen and oxygen atoms in total. The summed E-state index contributed by atoms with van der Waals surface area (Å²) >= 11 is 0. The second-order valence-corrected chi connectivity index (χ2v) is 5.45. The molecule has 0 aliphatic heterocycles. The highest BCUT2D eigenvalue weighted by Gasteiger charge is 2.31. The first-order valence-electron chi connectivity index (χ1n) is 7.08. The molecule has 0 saturated heterocycles. The Balaban J connectivity index is 2.05. The third-order valence-corrected chi connectivity index (χ3v) is 4.42. The molecule has 1 fully saturated rings. The van der Waals surface area contributed by atoms with Crippen molar-refractivity contribution in [2.45, 2.75) is 37.3 Å². The van der Waals surface area contributed by atoms with Gasteiger partial charge in [-0.15, -0.1) is 0 Å². The van der Waals surface area contributed by atoms with Gasteiger partial charge >= 0.3 is 0 Å². The van der Waals surface area contributed by atoms with E-state index in [1.165, 1.54) is 19.3 Å². The zero-order valence-electron chi connectivity index (χ0n) is 11.9. The van der Waals surface area contributed by atoms with E-state index in [9.17, 15) is 5.26 Å². The largest absolute Gasteiger partial charge is 0.303 e. The Morgan fingerprint density at radius 1 is 1.37 bits per heavy atom. The molecule has 102 valence electrons. The van der Waals surface area contributed by atoms with Crippen LogP contribution < -0.4 is 5.32 Å². The van der Waals surface area contributed by atoms with Crippen molar-refractivity contribution in [3.63, 3.8) is 0 Å². The van der Waals surface area contributed by atoms with Crippen LogP contribution in [0.3, 0.4) is 0 Å². The Kier molecular flexibility index (Phi) is 4.57. The zero-order valence-corrected chi connectivity index (χ0v) is 11.9. The monoisotopic (exact) mass is 257 g/mol. The Labute approximate surface area is 116 Å². The van der Waals surface area contributed by atoms with E-state index in [-0.39, 0.29) is 0 Å². The summed E-state index contributed by atoms with van der Waals surface area (Å²) in [6.45, 7) is 0.952. The van der Waals surface area contributed by atoms with Gasteiger partial charge in [-0.05, 0) is 38.9 Å². The van der Waals surface area contributed by atoms with Crippen LogP contribution in [0.4, 0.5) is 0 Å². The Morgan fingerprint density at radius 2 is 2.05 bits per heavy atom. The molecule has 0 amide bonds. The van der Waals surface area contributed by atoms with Gasteiger partial charge in [0, 0.05) is 12.6 Å². The predicted molar refractivity (Wildman–Crippen MR) is 77.7 cm³/mol. The second-order valence-electron chi connectivity index (χ2n) is 5.45. The van der Waals surface area contributed by atoms with Gasteiger partial charge in [0.15, 0.2) is 0 Å². The van der Waals surface area contributed by atoms with Crippen molar-refractivity contribution in [1.82, 2.24) is 10.2 Å². The van der Waals surface area contributed by atoms with E-state index in [2.05, 4.69) is 23.3 Å². The van der Waals surface area contributed by atoms with Crippen LogP contribution in [0.25, 0.3) is 0 Å². The number of benzene rings is 1. The minimum Gasteiger partial charge on any atom is -0.303 e. The van der Waals surface area contributed by atoms with Gasteiger partial charge in [-0.2, -0.15) is 5.26 Å². The summed E-state index contributed by atoms with van der Waals surface area (Å²) < 4.78 is 0. The minimum atomic E-state index is -0.570. The molecule has 1 saturated carbocycles. The first kappa shape index (κ1) is 14.0. The van der Waals surface area contributed by atoms with Crippen LogP contribution in [0.15, 0.2) is 30.3 Å². The molecule has 0 spiro atoms. The van der Waals surface area contributed by atoms with E-state index in [1.54, 1.807) is 0 Å². The summed E-state index contributed by atoms with van der Waals surface area (Å²) in [5.74, 6) is 0. The summed E-state index contributed by atoms with van der Waals surface area (Å²) in [7, 11) is 4.05. The standard InChI is InChI=1S/C16H23N3/c1-18-16(13-17,14-7-4-3-5-8-14)11-12-19(2)15-9-6-10-15/h3-5,7-8,15,18H,6,9-12H2,1-2H3. The molecular formula is C16H23N3. The van der Waals surface area contributed by atoms with Crippen molar-refractivity contribution in [2.24, 2.45) is 0 Å². The number of nitrogens with one attached hydrogen (secondary N) is 1. The van der Waals surface area contributed by atoms with Crippen LogP contribution >= 0.6 is 0 Å². The molecule has 3 heteroatoms. The highest BCUT2D eigenvalue weighted by atomic mass is 15.1. The van der Waals surface area contributed by atoms with E-state index in [0.29, 0.717) is 0 Å². The quantitative estimate of drug-likeness (QED) is 0.851. The summed E-state index contributed by atoms with van der Waals surface area (Å²) in [5, 5.41) is 12.8. The van der Waals surface area contributed by atoms with Gasteiger partial charge < -0.3 is 4.90 Å². The van der Waals surface area contributed by atoms with E-state index in [0.717, 1.165) is 24.6 Å². The molecule has 2 rings (SSSR count). The van der Waals surface area contributed by atoms with Gasteiger partial charge in [0.25, 0.3) is 0 Å². The van der Waals surface area contributed by atoms with Crippen molar-refractivity contribution in [3.05, 3.63) is 35.9 Å². The Morgan fingerprint density at radius 3 is 2.53 bits per heavy atom. The molecule has 1 aliphatic carbocycles. The van der Waals surface area contributed by atoms with Crippen LogP contribution in [0.1, 0.15) is 31.2 Å². The number of hydrogen-bond acceptors (Lipinski definition) is 3. The summed E-state index contributed by atoms with van der Waals surface area (Å²) in [4.78, 5) is 2.40. The van der Waals surface area contributed by atoms with Gasteiger partial charge in [-0.3, -0.25) is 5.32 Å². The third-order valence-electron chi connectivity index (χ3n) is 4.42. The lowest BCUT2D eigenvalue weighted by molar-refractivity contribution is 0.148. The molecule has 1 unspecified atom stereocenters. The lowest BCUT2D eigenvalue weighted by Crippen LogP contribution is -2.44. The molecule has 0 aromatic heterocycles. The van der Waals surface area contributed by atoms with Crippen LogP contribution in [0.5, 0.6) is 0 Å². The Bertz CT molecular complexity index is 433. The average Bonchev–Trinajstić information content (AvgIpc) is 2.40. The highest BCUT2D eigenvalue weighted by Crippen LogP contribution is 2.27. The van der Waals surface area contributed by atoms with Crippen molar-refractivity contribution in [2.75, 3.05) is 20.6 Å². The van der Waals surface area contributed by atoms with E-state index in [4.69, 9.17) is 0 Å². The molecule has 0 radical (unpaired) electrons. The Hall–Kier alpha value is -1.37. The molecule has 0 heterocycles. The first-order valence-corrected chi connectivity index (χ1v) is 7.08. The zero-order chi connectivity index (χ0) is 13.7. The van der Waals surface area contributed by atoms with Crippen LogP contribution in [0.2, 0.25) is 0 Å². The smallest absolute Gasteiger partial charge is 0.133 e. The van der Waals surface area contributed by atoms with Crippen molar-refractivity contribution in [1.29, 1.82) is 5.26 Å². The summed E-state index contributed by atoms with van der Waals surface area (Å²) in [5.41, 5.74) is 0.487. The number of rotatable bonds is 6. The fourth-order valence-corrected chi connectivity index (χ4v) is 2.67. The number of hydrogen-bond donors (Lipinski definition) is 1. The van der Waals surface area contributed by atoms with E-state index < -0.39 is 5.54 Å². The first-order chi connectivity index (χ1) is 9.22. The van der Waals surface area contributed by atoms with Crippen molar-refractivity contribution >= 4 is 0 Å². The molecule has 1 atom stereocenters. The predicted octanol–water partition coefficient (Wildman–Crippen LogP) is 2.50. The van der Waals surface area contributed by atoms with Crippen molar-refractivity contribution in [3.8, 4) is 6.07 Å². The normalized spacial score (nSPS) is 18.6. The molecule has 1 aromatic rings. The fourth-order valence-electron chi connectivity index (χ4n) is 2.67. The number of nitriles is 1. The fraction of sp³-hybridized carbons (Fsp3) is 0.562. The minimum absolute atomic E-state index is 0.570. The lowest BCUT2D eigenvalue weighted by Gasteiger charge is -2.37. The third kappa shape index (κ3) is 2.97. The molecule has 19 heavy (non-hydrogen) atoms. The van der Waals surface area contributed by atoms with Crippen LogP contribution in [-0.4, -0.2) is 31.6 Å². The van der Waals surface area contributed by atoms with Gasteiger partial charge in [0.1, 0.15) is 5.54 Å². The van der Waals surface area contributed by atoms with Gasteiger partial charge in [0.2, 0.25) is 0 Å². The lowest BCUT2D eigenvalue weighted by atomic mass is 9.86. The summed E-state index contributed by atoms with van der Waals surface area (Å²) in [6, 6.07) is 13.2. The maximum absolute atomic E-state index is 9.62. The molecule has 1 N–H and O–H groups in total. The maximum Gasteiger partial charge on any atom is 0.133 e. The van der Waals surface area contributed by atoms with E-state index in [1.807, 2.05) is 37.4 Å². The molecular weight excluding hydrogens is 234 g/mol. The molecule has 1 aliphatic rings. The summed E-state index contributed by atoms with van der Waals surface area (Å²) in [6.07, 6.45) is 4.78. The van der Waals surface area contributed by atoms with E-state index >= 15 is 0 Å². The maximum atomic E-state index is 9.62. The highest BCUT2D eigenvalue weighted by molar-refractivity contribution is 5.31. The average molecular weight is 257 g/mol. The second kappa shape index (κ2) is 6.18. The van der Waals surface area contributed by atoms with Crippen molar-refractivity contribution < 1.29 is 0 Å². The molecule has 0 bridgehead atoms. The molecule has 1 aromatic carbocycles. The SMILES string of the molecule is CNC(C#N)(CCN(C)C1CCC1)c1ccccc1. The van der Waals surface area contributed by atoms with Crippen LogP contribution in [-0.2, 0) is 5.54 Å². The van der Waals surface area contributed by atoms with Gasteiger partial charge in [0.05, 0.1) is 6.07 Å². The van der Waals surface area contributed by atoms with Crippen LogP contribution in [0, 0.1) is 11.3 Å². The topological polar surface area (TPSA) is 39.1 Å². The van der Waals surface area contributed by atoms with Gasteiger partial charge in [-0.1, -0.05) is 36.8 Å². The number of nitrogens with zero attached hydrogens (tertiary/aromatic N) is 2. The van der Waals surface area contributed by atoms with Gasteiger partial charge in [-0.25, -0.2) is 0 Å².